The Morgan fingerprint density at radius 2 is 2.23 bits per heavy atom. The normalized spacial score (nSPS) is 43.8. The van der Waals surface area contributed by atoms with Crippen molar-refractivity contribution < 1.29 is 0 Å². The molecule has 76 valence electrons. The van der Waals surface area contributed by atoms with Gasteiger partial charge >= 0.3 is 0 Å². The molecule has 2 aliphatic carbocycles. The van der Waals surface area contributed by atoms with Crippen LogP contribution in [0.3, 0.4) is 0 Å². The predicted molar refractivity (Wildman–Crippen MR) is 56.7 cm³/mol. The lowest BCUT2D eigenvalue weighted by molar-refractivity contribution is 0.208. The third-order valence-electron chi connectivity index (χ3n) is 4.43. The molecule has 0 radical (unpaired) electrons. The summed E-state index contributed by atoms with van der Waals surface area (Å²) >= 11 is 0. The van der Waals surface area contributed by atoms with Crippen molar-refractivity contribution in [2.45, 2.75) is 46.0 Å². The van der Waals surface area contributed by atoms with E-state index in [-0.39, 0.29) is 0 Å². The quantitative estimate of drug-likeness (QED) is 0.706. The smallest absolute Gasteiger partial charge is 0.00150 e. The van der Waals surface area contributed by atoms with E-state index in [2.05, 4.69) is 19.2 Å². The Morgan fingerprint density at radius 3 is 2.92 bits per heavy atom. The van der Waals surface area contributed by atoms with Crippen LogP contribution in [0.4, 0.5) is 0 Å². The first kappa shape index (κ1) is 9.51. The molecule has 2 fully saturated rings. The van der Waals surface area contributed by atoms with Crippen LogP contribution in [0.15, 0.2) is 0 Å². The topological polar surface area (TPSA) is 12.0 Å². The second kappa shape index (κ2) is 3.61. The van der Waals surface area contributed by atoms with Gasteiger partial charge in [0.2, 0.25) is 0 Å². The van der Waals surface area contributed by atoms with Crippen molar-refractivity contribution in [3.8, 4) is 0 Å². The van der Waals surface area contributed by atoms with Gasteiger partial charge in [0.1, 0.15) is 0 Å². The third-order valence-corrected chi connectivity index (χ3v) is 4.43. The molecule has 0 aromatic carbocycles. The SMILES string of the molecule is CCNCC1CC12CCCCC2C. The zero-order valence-corrected chi connectivity index (χ0v) is 9.10. The zero-order chi connectivity index (χ0) is 9.31. The van der Waals surface area contributed by atoms with Gasteiger partial charge < -0.3 is 5.32 Å². The van der Waals surface area contributed by atoms with Crippen molar-refractivity contribution in [2.24, 2.45) is 17.3 Å². The van der Waals surface area contributed by atoms with Crippen LogP contribution in [0, 0.1) is 17.3 Å². The summed E-state index contributed by atoms with van der Waals surface area (Å²) in [7, 11) is 0. The van der Waals surface area contributed by atoms with E-state index in [1.54, 1.807) is 0 Å². The lowest BCUT2D eigenvalue weighted by atomic mass is 9.76. The fourth-order valence-corrected chi connectivity index (χ4v) is 3.34. The van der Waals surface area contributed by atoms with E-state index in [9.17, 15) is 0 Å². The van der Waals surface area contributed by atoms with E-state index in [1.807, 2.05) is 0 Å². The van der Waals surface area contributed by atoms with Gasteiger partial charge in [-0.05, 0) is 43.2 Å². The molecule has 0 saturated heterocycles. The first-order valence-electron chi connectivity index (χ1n) is 6.00. The predicted octanol–water partition coefficient (Wildman–Crippen LogP) is 2.81. The van der Waals surface area contributed by atoms with Gasteiger partial charge in [-0.3, -0.25) is 0 Å². The number of hydrogen-bond acceptors (Lipinski definition) is 1. The second-order valence-electron chi connectivity index (χ2n) is 5.09. The molecule has 3 unspecified atom stereocenters. The van der Waals surface area contributed by atoms with Gasteiger partial charge in [-0.15, -0.1) is 0 Å². The highest BCUT2D eigenvalue weighted by Gasteiger charge is 2.56. The number of rotatable bonds is 3. The van der Waals surface area contributed by atoms with Crippen molar-refractivity contribution in [3.05, 3.63) is 0 Å². The van der Waals surface area contributed by atoms with Gasteiger partial charge in [0, 0.05) is 0 Å². The van der Waals surface area contributed by atoms with E-state index in [1.165, 1.54) is 38.6 Å². The highest BCUT2D eigenvalue weighted by molar-refractivity contribution is 5.06. The van der Waals surface area contributed by atoms with Crippen LogP contribution in [-0.4, -0.2) is 13.1 Å². The van der Waals surface area contributed by atoms with E-state index in [0.29, 0.717) is 0 Å². The van der Waals surface area contributed by atoms with Crippen LogP contribution < -0.4 is 5.32 Å². The minimum absolute atomic E-state index is 0.792. The minimum atomic E-state index is 0.792. The van der Waals surface area contributed by atoms with E-state index < -0.39 is 0 Å². The average molecular weight is 181 g/mol. The molecule has 1 N–H and O–H groups in total. The van der Waals surface area contributed by atoms with Crippen LogP contribution in [0.5, 0.6) is 0 Å². The van der Waals surface area contributed by atoms with Crippen LogP contribution in [0.1, 0.15) is 46.0 Å². The molecule has 0 heterocycles. The third kappa shape index (κ3) is 1.63. The summed E-state index contributed by atoms with van der Waals surface area (Å²) in [6.07, 6.45) is 7.50. The number of hydrogen-bond donors (Lipinski definition) is 1. The van der Waals surface area contributed by atoms with Crippen LogP contribution in [-0.2, 0) is 0 Å². The highest BCUT2D eigenvalue weighted by atomic mass is 14.9. The molecule has 0 aliphatic heterocycles. The summed E-state index contributed by atoms with van der Waals surface area (Å²) in [5.74, 6) is 2.02. The summed E-state index contributed by atoms with van der Waals surface area (Å²) in [5.41, 5.74) is 0.792. The first-order chi connectivity index (χ1) is 6.29. The summed E-state index contributed by atoms with van der Waals surface area (Å²) in [6.45, 7) is 7.10. The molecule has 1 heteroatoms. The van der Waals surface area contributed by atoms with Gasteiger partial charge in [-0.1, -0.05) is 33.1 Å². The van der Waals surface area contributed by atoms with Gasteiger partial charge in [0.25, 0.3) is 0 Å². The summed E-state index contributed by atoms with van der Waals surface area (Å²) in [5, 5.41) is 3.50. The Hall–Kier alpha value is -0.0400. The Morgan fingerprint density at radius 1 is 1.38 bits per heavy atom. The zero-order valence-electron chi connectivity index (χ0n) is 9.10. The maximum absolute atomic E-state index is 3.50. The first-order valence-corrected chi connectivity index (χ1v) is 6.00. The van der Waals surface area contributed by atoms with E-state index in [4.69, 9.17) is 0 Å². The molecular weight excluding hydrogens is 158 g/mol. The molecule has 2 rings (SSSR count). The van der Waals surface area contributed by atoms with Crippen LogP contribution >= 0.6 is 0 Å². The van der Waals surface area contributed by atoms with Crippen LogP contribution in [0.25, 0.3) is 0 Å². The van der Waals surface area contributed by atoms with Gasteiger partial charge in [0.05, 0.1) is 0 Å². The van der Waals surface area contributed by atoms with E-state index in [0.717, 1.165) is 23.8 Å². The molecule has 13 heavy (non-hydrogen) atoms. The van der Waals surface area contributed by atoms with Crippen molar-refractivity contribution in [2.75, 3.05) is 13.1 Å². The Balaban J connectivity index is 1.85. The molecule has 0 amide bonds. The maximum Gasteiger partial charge on any atom is -0.00150 e. The monoisotopic (exact) mass is 181 g/mol. The fourth-order valence-electron chi connectivity index (χ4n) is 3.34. The molecule has 2 aliphatic rings. The maximum atomic E-state index is 3.50. The summed E-state index contributed by atoms with van der Waals surface area (Å²) in [4.78, 5) is 0. The van der Waals surface area contributed by atoms with Crippen molar-refractivity contribution >= 4 is 0 Å². The molecule has 3 atom stereocenters. The molecule has 0 aromatic rings. The molecule has 0 bridgehead atoms. The van der Waals surface area contributed by atoms with Gasteiger partial charge in [-0.2, -0.15) is 0 Å². The lowest BCUT2D eigenvalue weighted by Gasteiger charge is -2.30. The van der Waals surface area contributed by atoms with Crippen molar-refractivity contribution in [1.82, 2.24) is 5.32 Å². The average Bonchev–Trinajstić information content (AvgIpc) is 2.83. The Labute approximate surface area is 82.3 Å². The molecule has 1 nitrogen and oxygen atoms in total. The summed E-state index contributed by atoms with van der Waals surface area (Å²) < 4.78 is 0. The summed E-state index contributed by atoms with van der Waals surface area (Å²) in [6, 6.07) is 0. The van der Waals surface area contributed by atoms with Gasteiger partial charge in [-0.25, -0.2) is 0 Å². The lowest BCUT2D eigenvalue weighted by Crippen LogP contribution is -2.25. The molecule has 2 saturated carbocycles. The second-order valence-corrected chi connectivity index (χ2v) is 5.09. The molecular formula is C12H23N. The number of nitrogens with one attached hydrogen (secondary N) is 1. The minimum Gasteiger partial charge on any atom is -0.317 e. The van der Waals surface area contributed by atoms with Crippen LogP contribution in [0.2, 0.25) is 0 Å². The molecule has 0 aromatic heterocycles. The Bertz CT molecular complexity index is 178. The van der Waals surface area contributed by atoms with E-state index >= 15 is 0 Å². The largest absolute Gasteiger partial charge is 0.317 e. The Kier molecular flexibility index (Phi) is 2.64. The standard InChI is InChI=1S/C12H23N/c1-3-13-9-11-8-12(11)7-5-4-6-10(12)2/h10-11,13H,3-9H2,1-2H3. The fraction of sp³-hybridized carbons (Fsp3) is 1.00. The van der Waals surface area contributed by atoms with Crippen molar-refractivity contribution in [3.63, 3.8) is 0 Å². The highest BCUT2D eigenvalue weighted by Crippen LogP contribution is 2.63. The van der Waals surface area contributed by atoms with Gasteiger partial charge in [0.15, 0.2) is 0 Å². The molecule has 1 spiro atoms. The van der Waals surface area contributed by atoms with Crippen molar-refractivity contribution in [1.29, 1.82) is 0 Å².